The van der Waals surface area contributed by atoms with E-state index in [9.17, 15) is 9.59 Å². The predicted octanol–water partition coefficient (Wildman–Crippen LogP) is 4.23. The van der Waals surface area contributed by atoms with Crippen LogP contribution in [0.25, 0.3) is 0 Å². The summed E-state index contributed by atoms with van der Waals surface area (Å²) in [4.78, 5) is 27.8. The van der Waals surface area contributed by atoms with E-state index < -0.39 is 5.54 Å². The fourth-order valence-electron chi connectivity index (χ4n) is 5.30. The zero-order valence-corrected chi connectivity index (χ0v) is 20.0. The summed E-state index contributed by atoms with van der Waals surface area (Å²) in [5.41, 5.74) is 1.59. The Morgan fingerprint density at radius 2 is 2.06 bits per heavy atom. The van der Waals surface area contributed by atoms with E-state index in [1.165, 1.54) is 0 Å². The van der Waals surface area contributed by atoms with Crippen LogP contribution >= 0.6 is 11.6 Å². The van der Waals surface area contributed by atoms with E-state index in [0.717, 1.165) is 42.6 Å². The number of ether oxygens (including phenoxy) is 1. The Bertz CT molecular complexity index is 1010. The van der Waals surface area contributed by atoms with Gasteiger partial charge < -0.3 is 15.4 Å². The molecule has 0 radical (unpaired) electrons. The van der Waals surface area contributed by atoms with Crippen LogP contribution in [0.5, 0.6) is 5.75 Å². The van der Waals surface area contributed by atoms with Crippen LogP contribution in [-0.2, 0) is 16.1 Å². The van der Waals surface area contributed by atoms with Gasteiger partial charge in [0.15, 0.2) is 0 Å². The number of halogens is 1. The Kier molecular flexibility index (Phi) is 7.25. The highest BCUT2D eigenvalue weighted by molar-refractivity contribution is 6.31. The second-order valence-electron chi connectivity index (χ2n) is 9.26. The lowest BCUT2D eigenvalue weighted by Crippen LogP contribution is -2.56. The van der Waals surface area contributed by atoms with Crippen molar-refractivity contribution in [1.29, 1.82) is 0 Å². The Labute approximate surface area is 200 Å². The van der Waals surface area contributed by atoms with Gasteiger partial charge in [-0.1, -0.05) is 48.4 Å². The molecule has 2 aromatic rings. The van der Waals surface area contributed by atoms with Crippen molar-refractivity contribution in [3.05, 3.63) is 64.7 Å². The molecule has 176 valence electrons. The minimum Gasteiger partial charge on any atom is -0.497 e. The molecule has 0 spiro atoms. The van der Waals surface area contributed by atoms with E-state index >= 15 is 0 Å². The van der Waals surface area contributed by atoms with E-state index in [1.54, 1.807) is 7.11 Å². The predicted molar refractivity (Wildman–Crippen MR) is 129 cm³/mol. The lowest BCUT2D eigenvalue weighted by Gasteiger charge is -2.38. The summed E-state index contributed by atoms with van der Waals surface area (Å²) in [5, 5.41) is 6.96. The van der Waals surface area contributed by atoms with Crippen molar-refractivity contribution in [2.75, 3.05) is 13.7 Å². The number of fused-ring (bicyclic) bond motifs is 1. The molecule has 0 aliphatic carbocycles. The Balaban J connectivity index is 1.58. The quantitative estimate of drug-likeness (QED) is 0.664. The van der Waals surface area contributed by atoms with Crippen LogP contribution in [0.3, 0.4) is 0 Å². The number of carbonyl (C=O) groups is 2. The molecule has 33 heavy (non-hydrogen) atoms. The third-order valence-electron chi connectivity index (χ3n) is 6.95. The summed E-state index contributed by atoms with van der Waals surface area (Å²) in [7, 11) is 1.66. The summed E-state index contributed by atoms with van der Waals surface area (Å²) in [6.45, 7) is 2.76. The monoisotopic (exact) mass is 469 g/mol. The van der Waals surface area contributed by atoms with E-state index in [-0.39, 0.29) is 30.4 Å². The van der Waals surface area contributed by atoms with Gasteiger partial charge in [0.05, 0.1) is 19.2 Å². The molecule has 4 rings (SSSR count). The number of benzene rings is 2. The van der Waals surface area contributed by atoms with Crippen molar-refractivity contribution in [1.82, 2.24) is 15.5 Å². The summed E-state index contributed by atoms with van der Waals surface area (Å²) in [5.74, 6) is 0.825. The van der Waals surface area contributed by atoms with E-state index in [4.69, 9.17) is 16.3 Å². The first-order chi connectivity index (χ1) is 15.9. The molecule has 2 aromatic carbocycles. The average molecular weight is 470 g/mol. The molecule has 7 heteroatoms. The zero-order valence-electron chi connectivity index (χ0n) is 19.3. The lowest BCUT2D eigenvalue weighted by molar-refractivity contribution is -0.124. The van der Waals surface area contributed by atoms with Crippen LogP contribution in [0.1, 0.15) is 56.2 Å². The van der Waals surface area contributed by atoms with Gasteiger partial charge in [-0.3, -0.25) is 14.5 Å². The van der Waals surface area contributed by atoms with Gasteiger partial charge in [0, 0.05) is 30.1 Å². The molecule has 2 N–H and O–H groups in total. The maximum atomic E-state index is 13.1. The summed E-state index contributed by atoms with van der Waals surface area (Å²) < 4.78 is 5.45. The second-order valence-corrected chi connectivity index (χ2v) is 9.67. The number of hydrogen-bond donors (Lipinski definition) is 2. The average Bonchev–Trinajstić information content (AvgIpc) is 3.05. The lowest BCUT2D eigenvalue weighted by atomic mass is 9.85. The van der Waals surface area contributed by atoms with Gasteiger partial charge >= 0.3 is 0 Å². The minimum absolute atomic E-state index is 0.000404. The van der Waals surface area contributed by atoms with Gasteiger partial charge in [0.25, 0.3) is 0 Å². The summed E-state index contributed by atoms with van der Waals surface area (Å²) in [6, 6.07) is 15.6. The number of amides is 2. The highest BCUT2D eigenvalue weighted by atomic mass is 35.5. The number of nitrogens with one attached hydrogen (secondary N) is 2. The van der Waals surface area contributed by atoms with Crippen molar-refractivity contribution in [2.24, 2.45) is 0 Å². The third kappa shape index (κ3) is 5.33. The topological polar surface area (TPSA) is 70.7 Å². The summed E-state index contributed by atoms with van der Waals surface area (Å²) >= 11 is 6.25. The number of methoxy groups -OCH3 is 1. The molecule has 2 amide bonds. The van der Waals surface area contributed by atoms with Gasteiger partial charge in [-0.15, -0.1) is 0 Å². The zero-order chi connectivity index (χ0) is 23.4. The van der Waals surface area contributed by atoms with Crippen LogP contribution < -0.4 is 15.4 Å². The van der Waals surface area contributed by atoms with Crippen molar-refractivity contribution in [3.8, 4) is 5.75 Å². The molecule has 2 heterocycles. The molecule has 3 atom stereocenters. The molecule has 0 bridgehead atoms. The normalized spacial score (nSPS) is 25.5. The minimum atomic E-state index is -0.395. The molecule has 2 aliphatic heterocycles. The van der Waals surface area contributed by atoms with E-state index in [0.29, 0.717) is 18.0 Å². The highest BCUT2D eigenvalue weighted by Gasteiger charge is 2.51. The Morgan fingerprint density at radius 1 is 1.24 bits per heavy atom. The van der Waals surface area contributed by atoms with Crippen molar-refractivity contribution in [2.45, 2.75) is 63.2 Å². The highest BCUT2D eigenvalue weighted by Crippen LogP contribution is 2.45. The first kappa shape index (κ1) is 23.6. The van der Waals surface area contributed by atoms with Crippen LogP contribution in [0, 0.1) is 0 Å². The first-order valence-electron chi connectivity index (χ1n) is 11.6. The molecule has 2 aliphatic rings. The van der Waals surface area contributed by atoms with Crippen molar-refractivity contribution in [3.63, 3.8) is 0 Å². The van der Waals surface area contributed by atoms with Crippen LogP contribution in [0.15, 0.2) is 48.5 Å². The number of nitrogens with zero attached hydrogens (tertiary/aromatic N) is 1. The smallest absolute Gasteiger partial charge is 0.234 e. The first-order valence-corrected chi connectivity index (χ1v) is 12.0. The van der Waals surface area contributed by atoms with Crippen LogP contribution in [-0.4, -0.2) is 41.9 Å². The van der Waals surface area contributed by atoms with Crippen molar-refractivity contribution < 1.29 is 14.3 Å². The molecule has 6 nitrogen and oxygen atoms in total. The SMILES string of the molecule is COc1cccc([C@@H]2C[C@]3(C)NC(=O)CCCC[C@@H]3N2CC(=O)NCc2ccccc2Cl)c1. The number of carbonyl (C=O) groups excluding carboxylic acids is 2. The second kappa shape index (κ2) is 10.1. The van der Waals surface area contributed by atoms with Crippen molar-refractivity contribution >= 4 is 23.4 Å². The van der Waals surface area contributed by atoms with Gasteiger partial charge in [-0.05, 0) is 55.5 Å². The van der Waals surface area contributed by atoms with Crippen LogP contribution in [0.4, 0.5) is 0 Å². The maximum Gasteiger partial charge on any atom is 0.234 e. The molecular weight excluding hydrogens is 438 g/mol. The number of likely N-dealkylation sites (tertiary alicyclic amines) is 1. The van der Waals surface area contributed by atoms with Gasteiger partial charge in [0.1, 0.15) is 5.75 Å². The molecule has 2 saturated heterocycles. The van der Waals surface area contributed by atoms with E-state index in [2.05, 4.69) is 28.5 Å². The standard InChI is InChI=1S/C26H32ClN3O3/c1-26-15-22(18-9-7-10-20(14-18)33-2)30(23(26)12-5-6-13-24(31)29-26)17-25(32)28-16-19-8-3-4-11-21(19)27/h3-4,7-11,14,22-23H,5-6,12-13,15-17H2,1-2H3,(H,28,32)(H,29,31)/t22-,23-,26-/m0/s1. The van der Waals surface area contributed by atoms with Gasteiger partial charge in [0.2, 0.25) is 11.8 Å². The molecule has 0 saturated carbocycles. The molecule has 2 fully saturated rings. The molecular formula is C26H32ClN3O3. The van der Waals surface area contributed by atoms with Crippen LogP contribution in [0.2, 0.25) is 5.02 Å². The third-order valence-corrected chi connectivity index (χ3v) is 7.32. The largest absolute Gasteiger partial charge is 0.497 e. The Hall–Kier alpha value is -2.57. The number of hydrogen-bond acceptors (Lipinski definition) is 4. The molecule has 0 unspecified atom stereocenters. The number of rotatable bonds is 6. The van der Waals surface area contributed by atoms with Gasteiger partial charge in [-0.2, -0.15) is 0 Å². The maximum absolute atomic E-state index is 13.1. The Morgan fingerprint density at radius 3 is 2.85 bits per heavy atom. The summed E-state index contributed by atoms with van der Waals surface area (Å²) in [6.07, 6.45) is 4.08. The van der Waals surface area contributed by atoms with E-state index in [1.807, 2.05) is 42.5 Å². The fourth-order valence-corrected chi connectivity index (χ4v) is 5.50. The fraction of sp³-hybridized carbons (Fsp3) is 0.462. The van der Waals surface area contributed by atoms with Gasteiger partial charge in [-0.25, -0.2) is 0 Å². The molecule has 0 aromatic heterocycles.